The summed E-state index contributed by atoms with van der Waals surface area (Å²) in [7, 11) is 0. The number of anilines is 2. The van der Waals surface area contributed by atoms with E-state index in [9.17, 15) is 19.2 Å². The number of H-pyrrole nitrogens is 1. The Kier molecular flexibility index (Phi) is 11.4. The van der Waals surface area contributed by atoms with Gasteiger partial charge in [-0.2, -0.15) is 0 Å². The van der Waals surface area contributed by atoms with Gasteiger partial charge in [-0.15, -0.1) is 23.1 Å². The van der Waals surface area contributed by atoms with E-state index in [1.165, 1.54) is 23.1 Å². The lowest BCUT2D eigenvalue weighted by Gasteiger charge is -2.18. The standard InChI is InChI=1S/C40H40N4O5S2/c1-4-33(38(47)44-39-35(40(48)49-5-2)30-19-18-24(3)20-34(30)51-39)50-28-15-11-14-27(22-28)42-37(46)32(43-36(45)25-12-7-6-8-13-25)21-26-23-41-31-17-10-9-16-29(26)31/h6-17,21-24,33,41H,4-5,18-20H2,1-3H3,(H,42,46)(H,43,45)(H,44,47)/b32-21-. The fourth-order valence-electron chi connectivity index (χ4n) is 6.09. The normalized spacial score (nSPS) is 14.7. The minimum Gasteiger partial charge on any atom is -0.462 e. The highest BCUT2D eigenvalue weighted by molar-refractivity contribution is 8.00. The first kappa shape index (κ1) is 35.7. The third-order valence-corrected chi connectivity index (χ3v) is 11.2. The van der Waals surface area contributed by atoms with Gasteiger partial charge in [-0.1, -0.05) is 56.3 Å². The van der Waals surface area contributed by atoms with Crippen LogP contribution in [-0.4, -0.2) is 40.5 Å². The van der Waals surface area contributed by atoms with Crippen molar-refractivity contribution in [1.82, 2.24) is 10.3 Å². The lowest BCUT2D eigenvalue weighted by atomic mass is 9.88. The maximum atomic E-state index is 13.8. The summed E-state index contributed by atoms with van der Waals surface area (Å²) in [6, 6.07) is 23.7. The number of thiophene rings is 1. The molecule has 2 unspecified atom stereocenters. The topological polar surface area (TPSA) is 129 Å². The van der Waals surface area contributed by atoms with Crippen LogP contribution in [0.1, 0.15) is 70.3 Å². The van der Waals surface area contributed by atoms with E-state index in [1.54, 1.807) is 55.6 Å². The fourth-order valence-corrected chi connectivity index (χ4v) is 8.51. The second-order valence-corrected chi connectivity index (χ2v) is 14.8. The number of ether oxygens (including phenoxy) is 1. The van der Waals surface area contributed by atoms with Gasteiger partial charge in [0.1, 0.15) is 10.7 Å². The zero-order valence-electron chi connectivity index (χ0n) is 28.7. The molecular weight excluding hydrogens is 681 g/mol. The Labute approximate surface area is 305 Å². The molecule has 5 aromatic rings. The van der Waals surface area contributed by atoms with Gasteiger partial charge in [0, 0.05) is 43.7 Å². The van der Waals surface area contributed by atoms with Crippen LogP contribution < -0.4 is 16.0 Å². The van der Waals surface area contributed by atoms with Gasteiger partial charge in [-0.05, 0) is 86.6 Å². The second kappa shape index (κ2) is 16.3. The first-order valence-corrected chi connectivity index (χ1v) is 18.8. The van der Waals surface area contributed by atoms with Crippen molar-refractivity contribution in [1.29, 1.82) is 0 Å². The molecule has 6 rings (SSSR count). The summed E-state index contributed by atoms with van der Waals surface area (Å²) in [5, 5.41) is 9.77. The van der Waals surface area contributed by atoms with Crippen LogP contribution in [-0.2, 0) is 27.2 Å². The third-order valence-electron chi connectivity index (χ3n) is 8.71. The number of esters is 1. The van der Waals surface area contributed by atoms with Crippen molar-refractivity contribution in [3.8, 4) is 0 Å². The van der Waals surface area contributed by atoms with Gasteiger partial charge in [0.05, 0.1) is 17.4 Å². The molecule has 262 valence electrons. The Morgan fingerprint density at radius 2 is 1.78 bits per heavy atom. The molecule has 3 aromatic carbocycles. The molecule has 0 saturated heterocycles. The van der Waals surface area contributed by atoms with E-state index in [-0.39, 0.29) is 18.2 Å². The van der Waals surface area contributed by atoms with E-state index in [1.807, 2.05) is 49.4 Å². The number of aromatic nitrogens is 1. The van der Waals surface area contributed by atoms with Gasteiger partial charge in [0.25, 0.3) is 11.8 Å². The molecular formula is C40H40N4O5S2. The average Bonchev–Trinajstić information content (AvgIpc) is 3.71. The van der Waals surface area contributed by atoms with Crippen molar-refractivity contribution in [3.05, 3.63) is 118 Å². The van der Waals surface area contributed by atoms with Gasteiger partial charge in [0.2, 0.25) is 5.91 Å². The molecule has 0 aliphatic heterocycles. The molecule has 0 bridgehead atoms. The number of hydrogen-bond donors (Lipinski definition) is 4. The number of fused-ring (bicyclic) bond motifs is 2. The lowest BCUT2D eigenvalue weighted by Crippen LogP contribution is -2.30. The number of para-hydroxylation sites is 1. The van der Waals surface area contributed by atoms with Gasteiger partial charge in [0.15, 0.2) is 0 Å². The van der Waals surface area contributed by atoms with Gasteiger partial charge in [-0.3, -0.25) is 14.4 Å². The Morgan fingerprint density at radius 3 is 2.57 bits per heavy atom. The predicted octanol–water partition coefficient (Wildman–Crippen LogP) is 8.45. The minimum absolute atomic E-state index is 0.0721. The number of rotatable bonds is 12. The van der Waals surface area contributed by atoms with Gasteiger partial charge >= 0.3 is 5.97 Å². The quantitative estimate of drug-likeness (QED) is 0.0582. The number of nitrogens with one attached hydrogen (secondary N) is 4. The maximum absolute atomic E-state index is 13.8. The van der Waals surface area contributed by atoms with Crippen LogP contribution in [0.5, 0.6) is 0 Å². The first-order valence-electron chi connectivity index (χ1n) is 17.1. The number of thioether (sulfide) groups is 1. The number of amides is 3. The van der Waals surface area contributed by atoms with Crippen LogP contribution in [0, 0.1) is 5.92 Å². The van der Waals surface area contributed by atoms with Crippen molar-refractivity contribution in [2.24, 2.45) is 5.92 Å². The number of carbonyl (C=O) groups is 4. The van der Waals surface area contributed by atoms with Gasteiger partial charge < -0.3 is 25.7 Å². The van der Waals surface area contributed by atoms with Crippen LogP contribution in [0.4, 0.5) is 10.7 Å². The van der Waals surface area contributed by atoms with Crippen molar-refractivity contribution in [2.45, 2.75) is 56.6 Å². The van der Waals surface area contributed by atoms with E-state index in [2.05, 4.69) is 27.9 Å². The van der Waals surface area contributed by atoms with Crippen LogP contribution in [0.2, 0.25) is 0 Å². The highest BCUT2D eigenvalue weighted by Crippen LogP contribution is 2.41. The summed E-state index contributed by atoms with van der Waals surface area (Å²) in [4.78, 5) is 58.7. The summed E-state index contributed by atoms with van der Waals surface area (Å²) in [6.45, 7) is 6.17. The number of hydrogen-bond acceptors (Lipinski definition) is 7. The third kappa shape index (κ3) is 8.44. The van der Waals surface area contributed by atoms with E-state index in [0.29, 0.717) is 34.2 Å². The van der Waals surface area contributed by atoms with Crippen molar-refractivity contribution in [3.63, 3.8) is 0 Å². The Hall–Kier alpha value is -5.13. The molecule has 2 aromatic heterocycles. The summed E-state index contributed by atoms with van der Waals surface area (Å²) in [5.41, 5.74) is 4.13. The first-order chi connectivity index (χ1) is 24.7. The number of benzene rings is 3. The monoisotopic (exact) mass is 720 g/mol. The molecule has 4 N–H and O–H groups in total. The Balaban J connectivity index is 1.20. The highest BCUT2D eigenvalue weighted by atomic mass is 32.2. The zero-order chi connectivity index (χ0) is 35.9. The smallest absolute Gasteiger partial charge is 0.341 e. The van der Waals surface area contributed by atoms with Crippen molar-refractivity contribution < 1.29 is 23.9 Å². The molecule has 3 amide bonds. The SMILES string of the molecule is CCOC(=O)c1c(NC(=O)C(CC)Sc2cccc(NC(=O)/C(=C/c3c[nH]c4ccccc34)NC(=O)c3ccccc3)c2)sc2c1CCC(C)C2. The predicted molar refractivity (Wildman–Crippen MR) is 205 cm³/mol. The second-order valence-electron chi connectivity index (χ2n) is 12.4. The van der Waals surface area contributed by atoms with E-state index in [4.69, 9.17) is 4.74 Å². The minimum atomic E-state index is -0.501. The van der Waals surface area contributed by atoms with Crippen molar-refractivity contribution >= 4 is 74.5 Å². The molecule has 1 aliphatic rings. The summed E-state index contributed by atoms with van der Waals surface area (Å²) in [6.07, 6.45) is 6.63. The molecule has 0 radical (unpaired) electrons. The summed E-state index contributed by atoms with van der Waals surface area (Å²) >= 11 is 2.85. The molecule has 51 heavy (non-hydrogen) atoms. The van der Waals surface area contributed by atoms with Gasteiger partial charge in [-0.25, -0.2) is 4.79 Å². The largest absolute Gasteiger partial charge is 0.462 e. The van der Waals surface area contributed by atoms with Crippen LogP contribution >= 0.6 is 23.1 Å². The maximum Gasteiger partial charge on any atom is 0.341 e. The van der Waals surface area contributed by atoms with E-state index in [0.717, 1.165) is 51.1 Å². The lowest BCUT2D eigenvalue weighted by molar-refractivity contribution is -0.116. The molecule has 2 atom stereocenters. The van der Waals surface area contributed by atoms with Crippen LogP contribution in [0.3, 0.4) is 0 Å². The summed E-state index contributed by atoms with van der Waals surface area (Å²) < 4.78 is 5.39. The molecule has 0 spiro atoms. The molecule has 1 aliphatic carbocycles. The van der Waals surface area contributed by atoms with Crippen LogP contribution in [0.15, 0.2) is 95.7 Å². The molecule has 11 heteroatoms. The highest BCUT2D eigenvalue weighted by Gasteiger charge is 2.30. The molecule has 9 nitrogen and oxygen atoms in total. The Bertz CT molecular complexity index is 2100. The number of carbonyl (C=O) groups excluding carboxylic acids is 4. The molecule has 0 fully saturated rings. The molecule has 0 saturated carbocycles. The van der Waals surface area contributed by atoms with Crippen molar-refractivity contribution in [2.75, 3.05) is 17.2 Å². The van der Waals surface area contributed by atoms with Crippen LogP contribution in [0.25, 0.3) is 17.0 Å². The Morgan fingerprint density at radius 1 is 1.00 bits per heavy atom. The fraction of sp³-hybridized carbons (Fsp3) is 0.250. The summed E-state index contributed by atoms with van der Waals surface area (Å²) in [5.74, 6) is -1.01. The van der Waals surface area contributed by atoms with E-state index < -0.39 is 23.0 Å². The molecule has 2 heterocycles. The zero-order valence-corrected chi connectivity index (χ0v) is 30.3. The van der Waals surface area contributed by atoms with E-state index >= 15 is 0 Å². The average molecular weight is 721 g/mol. The number of aromatic amines is 1.